The highest BCUT2D eigenvalue weighted by Gasteiger charge is 2.31. The minimum absolute atomic E-state index is 0.0708. The monoisotopic (exact) mass is 373 g/mol. The molecule has 0 unspecified atom stereocenters. The predicted octanol–water partition coefficient (Wildman–Crippen LogP) is 4.35. The summed E-state index contributed by atoms with van der Waals surface area (Å²) in [5.41, 5.74) is 8.07. The molecule has 1 aliphatic rings. The van der Waals surface area contributed by atoms with Crippen molar-refractivity contribution in [1.29, 1.82) is 5.41 Å². The van der Waals surface area contributed by atoms with E-state index in [0.717, 1.165) is 17.5 Å². The summed E-state index contributed by atoms with van der Waals surface area (Å²) in [5, 5.41) is 7.30. The van der Waals surface area contributed by atoms with Crippen LogP contribution in [0.1, 0.15) is 18.9 Å². The van der Waals surface area contributed by atoms with Crippen molar-refractivity contribution in [1.82, 2.24) is 0 Å². The molecular formula is C19H20FN3O2S. The predicted molar refractivity (Wildman–Crippen MR) is 103 cm³/mol. The van der Waals surface area contributed by atoms with E-state index in [1.54, 1.807) is 12.1 Å². The number of nitrogens with zero attached hydrogens (tertiary/aromatic N) is 1. The van der Waals surface area contributed by atoms with E-state index >= 15 is 0 Å². The van der Waals surface area contributed by atoms with Crippen LogP contribution in [0.3, 0.4) is 0 Å². The average molecular weight is 373 g/mol. The van der Waals surface area contributed by atoms with Crippen molar-refractivity contribution >= 4 is 28.7 Å². The van der Waals surface area contributed by atoms with Gasteiger partial charge in [-0.2, -0.15) is 0 Å². The van der Waals surface area contributed by atoms with Crippen molar-refractivity contribution in [2.75, 3.05) is 11.4 Å². The minimum atomic E-state index is -0.434. The van der Waals surface area contributed by atoms with Gasteiger partial charge in [-0.15, -0.1) is 0 Å². The molecule has 0 saturated carbocycles. The Morgan fingerprint density at radius 2 is 2.08 bits per heavy atom. The third-order valence-corrected chi connectivity index (χ3v) is 5.04. The number of amidine groups is 1. The maximum absolute atomic E-state index is 14.6. The van der Waals surface area contributed by atoms with Crippen molar-refractivity contribution in [3.05, 3.63) is 53.8 Å². The third-order valence-electron chi connectivity index (χ3n) is 4.25. The van der Waals surface area contributed by atoms with Gasteiger partial charge in [0.25, 0.3) is 0 Å². The number of carbonyl (C=O) groups is 1. The van der Waals surface area contributed by atoms with Gasteiger partial charge in [-0.25, -0.2) is 9.18 Å². The van der Waals surface area contributed by atoms with Gasteiger partial charge >= 0.3 is 6.09 Å². The molecule has 2 aromatic rings. The van der Waals surface area contributed by atoms with E-state index in [1.165, 1.54) is 22.7 Å². The summed E-state index contributed by atoms with van der Waals surface area (Å²) in [7, 11) is 0. The lowest BCUT2D eigenvalue weighted by atomic mass is 10.0. The van der Waals surface area contributed by atoms with E-state index in [9.17, 15) is 9.18 Å². The first-order valence-corrected chi connectivity index (χ1v) is 9.30. The highest BCUT2D eigenvalue weighted by Crippen LogP contribution is 2.30. The molecule has 0 aromatic heterocycles. The van der Waals surface area contributed by atoms with Crippen LogP contribution < -0.4 is 10.6 Å². The SMILES string of the molecule is CC[C@H]1CN(c2ccc(-c3ccc(CSC(=N)N)cc3)c(F)c2)C(=O)O1. The second kappa shape index (κ2) is 7.78. The quantitative estimate of drug-likeness (QED) is 0.603. The summed E-state index contributed by atoms with van der Waals surface area (Å²) in [6.07, 6.45) is 0.152. The molecule has 0 bridgehead atoms. The van der Waals surface area contributed by atoms with Crippen molar-refractivity contribution < 1.29 is 13.9 Å². The van der Waals surface area contributed by atoms with Crippen LogP contribution in [-0.2, 0) is 10.5 Å². The molecule has 26 heavy (non-hydrogen) atoms. The maximum atomic E-state index is 14.6. The summed E-state index contributed by atoms with van der Waals surface area (Å²) in [6, 6.07) is 12.2. The van der Waals surface area contributed by atoms with E-state index in [1.807, 2.05) is 31.2 Å². The number of rotatable bonds is 5. The van der Waals surface area contributed by atoms with Crippen LogP contribution in [-0.4, -0.2) is 23.9 Å². The smallest absolute Gasteiger partial charge is 0.414 e. The highest BCUT2D eigenvalue weighted by atomic mass is 32.2. The molecule has 3 rings (SSSR count). The van der Waals surface area contributed by atoms with Gasteiger partial charge in [-0.1, -0.05) is 43.0 Å². The molecule has 5 nitrogen and oxygen atoms in total. The number of cyclic esters (lactones) is 1. The standard InChI is InChI=1S/C19H20FN3O2S/c1-2-15-10-23(19(24)25-15)14-7-8-16(17(20)9-14)13-5-3-12(4-6-13)11-26-18(21)22/h3-9,15H,2,10-11H2,1H3,(H3,21,22)/t15-/m0/s1. The summed E-state index contributed by atoms with van der Waals surface area (Å²) < 4.78 is 19.8. The number of hydrogen-bond acceptors (Lipinski definition) is 4. The molecule has 1 saturated heterocycles. The van der Waals surface area contributed by atoms with Crippen LogP contribution in [0.5, 0.6) is 0 Å². The average Bonchev–Trinajstić information content (AvgIpc) is 3.01. The first-order chi connectivity index (χ1) is 12.5. The van der Waals surface area contributed by atoms with Gasteiger partial charge in [0.05, 0.1) is 12.2 Å². The van der Waals surface area contributed by atoms with E-state index in [0.29, 0.717) is 23.5 Å². The first-order valence-electron chi connectivity index (χ1n) is 8.31. The van der Waals surface area contributed by atoms with Crippen LogP contribution >= 0.6 is 11.8 Å². The molecule has 1 atom stereocenters. The number of nitrogens with two attached hydrogens (primary N) is 1. The molecule has 3 N–H and O–H groups in total. The maximum Gasteiger partial charge on any atom is 0.414 e. The van der Waals surface area contributed by atoms with Crippen molar-refractivity contribution in [3.8, 4) is 11.1 Å². The molecule has 1 amide bonds. The van der Waals surface area contributed by atoms with Crippen LogP contribution in [0.15, 0.2) is 42.5 Å². The molecule has 2 aromatic carbocycles. The van der Waals surface area contributed by atoms with E-state index in [2.05, 4.69) is 0 Å². The van der Waals surface area contributed by atoms with E-state index < -0.39 is 6.09 Å². The van der Waals surface area contributed by atoms with Crippen LogP contribution in [0, 0.1) is 11.2 Å². The number of thioether (sulfide) groups is 1. The number of halogens is 1. The lowest BCUT2D eigenvalue weighted by Gasteiger charge is -2.14. The Morgan fingerprint density at radius 1 is 1.35 bits per heavy atom. The molecule has 1 heterocycles. The van der Waals surface area contributed by atoms with Gasteiger partial charge in [-0.3, -0.25) is 10.3 Å². The number of ether oxygens (including phenoxy) is 1. The summed E-state index contributed by atoms with van der Waals surface area (Å²) in [6.45, 7) is 2.39. The van der Waals surface area contributed by atoms with Gasteiger partial charge in [0.2, 0.25) is 0 Å². The lowest BCUT2D eigenvalue weighted by molar-refractivity contribution is 0.139. The summed E-state index contributed by atoms with van der Waals surface area (Å²) in [4.78, 5) is 13.4. The van der Waals surface area contributed by atoms with Crippen molar-refractivity contribution in [3.63, 3.8) is 0 Å². The number of amides is 1. The van der Waals surface area contributed by atoms with Gasteiger partial charge in [0.15, 0.2) is 5.17 Å². The summed E-state index contributed by atoms with van der Waals surface area (Å²) in [5.74, 6) is 0.216. The Bertz CT molecular complexity index is 826. The van der Waals surface area contributed by atoms with E-state index in [4.69, 9.17) is 15.9 Å². The fourth-order valence-corrected chi connectivity index (χ4v) is 3.31. The van der Waals surface area contributed by atoms with Gasteiger partial charge in [0.1, 0.15) is 11.9 Å². The topological polar surface area (TPSA) is 79.4 Å². The zero-order valence-corrected chi connectivity index (χ0v) is 15.2. The molecule has 1 fully saturated rings. The molecule has 136 valence electrons. The molecule has 1 aliphatic heterocycles. The lowest BCUT2D eigenvalue weighted by Crippen LogP contribution is -2.24. The van der Waals surface area contributed by atoms with Gasteiger partial charge in [0, 0.05) is 11.3 Å². The second-order valence-corrected chi connectivity index (χ2v) is 7.06. The molecule has 0 aliphatic carbocycles. The van der Waals surface area contributed by atoms with Crippen LogP contribution in [0.25, 0.3) is 11.1 Å². The molecule has 7 heteroatoms. The fourth-order valence-electron chi connectivity index (χ4n) is 2.79. The largest absolute Gasteiger partial charge is 0.444 e. The Hall–Kier alpha value is -2.54. The zero-order chi connectivity index (χ0) is 18.7. The second-order valence-electron chi connectivity index (χ2n) is 6.04. The van der Waals surface area contributed by atoms with Crippen LogP contribution in [0.2, 0.25) is 0 Å². The van der Waals surface area contributed by atoms with Gasteiger partial charge in [-0.05, 0) is 35.7 Å². The molecule has 0 spiro atoms. The normalized spacial score (nSPS) is 16.6. The number of benzene rings is 2. The Kier molecular flexibility index (Phi) is 5.46. The fraction of sp³-hybridized carbons (Fsp3) is 0.263. The Morgan fingerprint density at radius 3 is 2.65 bits per heavy atom. The number of anilines is 1. The Balaban J connectivity index is 1.77. The molecular weight excluding hydrogens is 353 g/mol. The Labute approximate surface area is 155 Å². The zero-order valence-electron chi connectivity index (χ0n) is 14.4. The summed E-state index contributed by atoms with van der Waals surface area (Å²) >= 11 is 1.25. The number of carbonyl (C=O) groups excluding carboxylic acids is 1. The van der Waals surface area contributed by atoms with Gasteiger partial charge < -0.3 is 10.5 Å². The third kappa shape index (κ3) is 3.99. The number of nitrogens with one attached hydrogen (secondary N) is 1. The first kappa shape index (κ1) is 18.3. The van der Waals surface area contributed by atoms with Crippen LogP contribution in [0.4, 0.5) is 14.9 Å². The minimum Gasteiger partial charge on any atom is -0.444 e. The molecule has 0 radical (unpaired) electrons. The highest BCUT2D eigenvalue weighted by molar-refractivity contribution is 8.13. The number of hydrogen-bond donors (Lipinski definition) is 2. The van der Waals surface area contributed by atoms with E-state index in [-0.39, 0.29) is 17.1 Å². The van der Waals surface area contributed by atoms with Crippen molar-refractivity contribution in [2.24, 2.45) is 5.73 Å². The van der Waals surface area contributed by atoms with Crippen molar-refractivity contribution in [2.45, 2.75) is 25.2 Å².